The molecule has 2 heterocycles. The molecular formula is C14H21N5O. The quantitative estimate of drug-likeness (QED) is 0.785. The maximum absolute atomic E-state index is 12.0. The lowest BCUT2D eigenvalue weighted by Gasteiger charge is -2.10. The highest BCUT2D eigenvalue weighted by molar-refractivity contribution is 5.97. The van der Waals surface area contributed by atoms with Crippen LogP contribution in [0.1, 0.15) is 60.8 Å². The summed E-state index contributed by atoms with van der Waals surface area (Å²) in [6.07, 6.45) is 2.05. The van der Waals surface area contributed by atoms with Crippen molar-refractivity contribution in [3.8, 4) is 0 Å². The van der Waals surface area contributed by atoms with Crippen molar-refractivity contribution in [3.05, 3.63) is 29.1 Å². The van der Waals surface area contributed by atoms with Crippen LogP contribution in [-0.4, -0.2) is 30.3 Å². The standard InChI is InChI=1S/C14H21N5O/c1-6-12(20)14-10(4)17-18(11(14)5)7-13-15-8-16-19(13)9(2)3/h8-9H,6-7H2,1-5H3. The lowest BCUT2D eigenvalue weighted by molar-refractivity contribution is 0.0987. The summed E-state index contributed by atoms with van der Waals surface area (Å²) in [5.41, 5.74) is 2.42. The van der Waals surface area contributed by atoms with E-state index in [9.17, 15) is 4.79 Å². The normalized spacial score (nSPS) is 11.3. The Morgan fingerprint density at radius 1 is 1.35 bits per heavy atom. The molecule has 6 heteroatoms. The van der Waals surface area contributed by atoms with Crippen molar-refractivity contribution in [1.29, 1.82) is 0 Å². The van der Waals surface area contributed by atoms with Gasteiger partial charge in [-0.3, -0.25) is 9.48 Å². The summed E-state index contributed by atoms with van der Waals surface area (Å²) in [5.74, 6) is 0.984. The van der Waals surface area contributed by atoms with E-state index >= 15 is 0 Å². The Labute approximate surface area is 118 Å². The molecule has 108 valence electrons. The maximum atomic E-state index is 12.0. The van der Waals surface area contributed by atoms with E-state index in [1.807, 2.05) is 30.1 Å². The average Bonchev–Trinajstić information content (AvgIpc) is 2.95. The highest BCUT2D eigenvalue weighted by Crippen LogP contribution is 2.16. The van der Waals surface area contributed by atoms with Crippen LogP contribution in [-0.2, 0) is 6.54 Å². The molecule has 20 heavy (non-hydrogen) atoms. The van der Waals surface area contributed by atoms with Gasteiger partial charge in [-0.05, 0) is 27.7 Å². The molecule has 0 aliphatic rings. The topological polar surface area (TPSA) is 65.6 Å². The number of nitrogens with zero attached hydrogens (tertiary/aromatic N) is 5. The third-order valence-corrected chi connectivity index (χ3v) is 3.41. The van der Waals surface area contributed by atoms with Gasteiger partial charge in [0.25, 0.3) is 0 Å². The monoisotopic (exact) mass is 275 g/mol. The van der Waals surface area contributed by atoms with Crippen LogP contribution < -0.4 is 0 Å². The molecule has 0 aliphatic heterocycles. The fraction of sp³-hybridized carbons (Fsp3) is 0.571. The fourth-order valence-electron chi connectivity index (χ4n) is 2.38. The summed E-state index contributed by atoms with van der Waals surface area (Å²) in [5, 5.41) is 8.69. The smallest absolute Gasteiger partial charge is 0.166 e. The van der Waals surface area contributed by atoms with Crippen molar-refractivity contribution in [1.82, 2.24) is 24.5 Å². The van der Waals surface area contributed by atoms with E-state index in [4.69, 9.17) is 0 Å². The molecule has 2 rings (SSSR count). The molecule has 0 saturated heterocycles. The molecule has 6 nitrogen and oxygen atoms in total. The first-order valence-electron chi connectivity index (χ1n) is 6.91. The molecular weight excluding hydrogens is 254 g/mol. The van der Waals surface area contributed by atoms with Gasteiger partial charge in [0.2, 0.25) is 0 Å². The number of aromatic nitrogens is 5. The average molecular weight is 275 g/mol. The van der Waals surface area contributed by atoms with E-state index in [1.165, 1.54) is 0 Å². The van der Waals surface area contributed by atoms with Gasteiger partial charge in [0.15, 0.2) is 5.78 Å². The van der Waals surface area contributed by atoms with Gasteiger partial charge in [-0.15, -0.1) is 0 Å². The number of ketones is 1. The second-order valence-corrected chi connectivity index (χ2v) is 5.19. The SMILES string of the molecule is CCC(=O)c1c(C)nn(Cc2ncnn2C(C)C)c1C. The number of aryl methyl sites for hydroxylation is 1. The van der Waals surface area contributed by atoms with Gasteiger partial charge < -0.3 is 0 Å². The molecule has 0 saturated carbocycles. The predicted molar refractivity (Wildman–Crippen MR) is 75.8 cm³/mol. The minimum atomic E-state index is 0.136. The lowest BCUT2D eigenvalue weighted by atomic mass is 10.1. The molecule has 0 fully saturated rings. The summed E-state index contributed by atoms with van der Waals surface area (Å²) >= 11 is 0. The first kappa shape index (κ1) is 14.4. The zero-order chi connectivity index (χ0) is 14.9. The van der Waals surface area contributed by atoms with Crippen LogP contribution in [0.5, 0.6) is 0 Å². The van der Waals surface area contributed by atoms with E-state index in [-0.39, 0.29) is 11.8 Å². The summed E-state index contributed by atoms with van der Waals surface area (Å²) in [6.45, 7) is 10.3. The van der Waals surface area contributed by atoms with Crippen molar-refractivity contribution in [2.45, 2.75) is 53.6 Å². The van der Waals surface area contributed by atoms with E-state index in [2.05, 4.69) is 29.0 Å². The molecule has 2 aromatic rings. The number of hydrogen-bond acceptors (Lipinski definition) is 4. The van der Waals surface area contributed by atoms with Gasteiger partial charge in [0.1, 0.15) is 18.7 Å². The Morgan fingerprint density at radius 3 is 2.65 bits per heavy atom. The van der Waals surface area contributed by atoms with Gasteiger partial charge >= 0.3 is 0 Å². The largest absolute Gasteiger partial charge is 0.294 e. The summed E-state index contributed by atoms with van der Waals surface area (Å²) < 4.78 is 3.71. The van der Waals surface area contributed by atoms with Gasteiger partial charge in [0, 0.05) is 18.2 Å². The number of carbonyl (C=O) groups is 1. The summed E-state index contributed by atoms with van der Waals surface area (Å²) in [6, 6.07) is 0.251. The molecule has 2 aromatic heterocycles. The van der Waals surface area contributed by atoms with Crippen molar-refractivity contribution in [2.75, 3.05) is 0 Å². The van der Waals surface area contributed by atoms with Crippen molar-refractivity contribution in [3.63, 3.8) is 0 Å². The molecule has 0 N–H and O–H groups in total. The first-order valence-corrected chi connectivity index (χ1v) is 6.91. The molecule has 0 aromatic carbocycles. The third-order valence-electron chi connectivity index (χ3n) is 3.41. The van der Waals surface area contributed by atoms with Crippen molar-refractivity contribution < 1.29 is 4.79 Å². The third kappa shape index (κ3) is 2.50. The van der Waals surface area contributed by atoms with Crippen LogP contribution in [0, 0.1) is 13.8 Å². The highest BCUT2D eigenvalue weighted by atomic mass is 16.1. The van der Waals surface area contributed by atoms with Crippen LogP contribution in [0.2, 0.25) is 0 Å². The second kappa shape index (κ2) is 5.56. The van der Waals surface area contributed by atoms with E-state index in [0.29, 0.717) is 13.0 Å². The molecule has 0 spiro atoms. The molecule has 0 atom stereocenters. The number of Topliss-reactive ketones (excluding diaryl/α,β-unsaturated/α-hetero) is 1. The Hall–Kier alpha value is -1.98. The van der Waals surface area contributed by atoms with Gasteiger partial charge in [0.05, 0.1) is 11.3 Å². The molecule has 0 bridgehead atoms. The second-order valence-electron chi connectivity index (χ2n) is 5.19. The van der Waals surface area contributed by atoms with Crippen LogP contribution in [0.25, 0.3) is 0 Å². The van der Waals surface area contributed by atoms with Gasteiger partial charge in [-0.25, -0.2) is 9.67 Å². The zero-order valence-electron chi connectivity index (χ0n) is 12.7. The lowest BCUT2D eigenvalue weighted by Crippen LogP contribution is -2.14. The Kier molecular flexibility index (Phi) is 4.01. The Balaban J connectivity index is 2.35. The van der Waals surface area contributed by atoms with E-state index in [0.717, 1.165) is 22.8 Å². The number of carbonyl (C=O) groups excluding carboxylic acids is 1. The number of hydrogen-bond donors (Lipinski definition) is 0. The minimum Gasteiger partial charge on any atom is -0.294 e. The maximum Gasteiger partial charge on any atom is 0.166 e. The molecule has 0 aliphatic carbocycles. The van der Waals surface area contributed by atoms with Crippen molar-refractivity contribution >= 4 is 5.78 Å². The van der Waals surface area contributed by atoms with E-state index in [1.54, 1.807) is 6.33 Å². The Bertz CT molecular complexity index is 624. The van der Waals surface area contributed by atoms with Crippen LogP contribution in [0.4, 0.5) is 0 Å². The number of rotatable bonds is 5. The molecule has 0 radical (unpaired) electrons. The molecule has 0 amide bonds. The first-order chi connectivity index (χ1) is 9.45. The predicted octanol–water partition coefficient (Wildman–Crippen LogP) is 2.31. The summed E-state index contributed by atoms with van der Waals surface area (Å²) in [7, 11) is 0. The van der Waals surface area contributed by atoms with Crippen LogP contribution >= 0.6 is 0 Å². The fourth-order valence-corrected chi connectivity index (χ4v) is 2.38. The van der Waals surface area contributed by atoms with E-state index < -0.39 is 0 Å². The van der Waals surface area contributed by atoms with Gasteiger partial charge in [-0.2, -0.15) is 10.2 Å². The zero-order valence-corrected chi connectivity index (χ0v) is 12.7. The minimum absolute atomic E-state index is 0.136. The van der Waals surface area contributed by atoms with Crippen LogP contribution in [0.15, 0.2) is 6.33 Å². The van der Waals surface area contributed by atoms with Crippen LogP contribution in [0.3, 0.4) is 0 Å². The van der Waals surface area contributed by atoms with Crippen molar-refractivity contribution in [2.24, 2.45) is 0 Å². The van der Waals surface area contributed by atoms with Gasteiger partial charge in [-0.1, -0.05) is 6.92 Å². The Morgan fingerprint density at radius 2 is 2.05 bits per heavy atom. The highest BCUT2D eigenvalue weighted by Gasteiger charge is 2.18. The summed E-state index contributed by atoms with van der Waals surface area (Å²) in [4.78, 5) is 16.2. The molecule has 0 unspecified atom stereocenters.